The van der Waals surface area contributed by atoms with Gasteiger partial charge in [-0.2, -0.15) is 0 Å². The molecule has 4 fully saturated rings. The Morgan fingerprint density at radius 1 is 0.944 bits per heavy atom. The molecule has 0 bridgehead atoms. The number of rotatable bonds is 1. The number of aliphatic hydroxyl groups excluding tert-OH is 3. The molecule has 5 rings (SSSR count). The van der Waals surface area contributed by atoms with Gasteiger partial charge >= 0.3 is 5.97 Å². The summed E-state index contributed by atoms with van der Waals surface area (Å²) < 4.78 is 0. The van der Waals surface area contributed by atoms with E-state index in [0.29, 0.717) is 38.5 Å². The zero-order valence-corrected chi connectivity index (χ0v) is 23.2. The molecule has 0 saturated heterocycles. The van der Waals surface area contributed by atoms with Gasteiger partial charge in [0.15, 0.2) is 0 Å². The van der Waals surface area contributed by atoms with Crippen molar-refractivity contribution in [2.45, 2.75) is 117 Å². The van der Waals surface area contributed by atoms with Gasteiger partial charge in [0.2, 0.25) is 0 Å². The second-order valence-corrected chi connectivity index (χ2v) is 15.0. The van der Waals surface area contributed by atoms with Gasteiger partial charge in [-0.15, -0.1) is 0 Å². The molecule has 0 amide bonds. The topological polar surface area (TPSA) is 118 Å². The summed E-state index contributed by atoms with van der Waals surface area (Å²) >= 11 is 0. The molecule has 0 aromatic rings. The van der Waals surface area contributed by atoms with E-state index in [2.05, 4.69) is 26.8 Å². The summed E-state index contributed by atoms with van der Waals surface area (Å²) in [7, 11) is 0. The normalized spacial score (nSPS) is 58.0. The Hall–Kier alpha value is -0.950. The maximum absolute atomic E-state index is 12.8. The minimum Gasteiger partial charge on any atom is -0.481 e. The molecule has 5 aliphatic carbocycles. The molecular formula is C30H48O6. The van der Waals surface area contributed by atoms with Crippen LogP contribution in [0.5, 0.6) is 0 Å². The van der Waals surface area contributed by atoms with E-state index < -0.39 is 46.6 Å². The second kappa shape index (κ2) is 7.58. The Morgan fingerprint density at radius 2 is 1.58 bits per heavy atom. The molecule has 0 heterocycles. The fraction of sp³-hybridized carbons (Fsp3) is 0.900. The lowest BCUT2D eigenvalue weighted by molar-refractivity contribution is -0.266. The summed E-state index contributed by atoms with van der Waals surface area (Å²) in [5, 5.41) is 56.1. The number of fused-ring (bicyclic) bond motifs is 7. The molecule has 6 heteroatoms. The number of hydrogen-bond donors (Lipinski definition) is 5. The fourth-order valence-electron chi connectivity index (χ4n) is 11.2. The zero-order valence-electron chi connectivity index (χ0n) is 23.2. The van der Waals surface area contributed by atoms with Crippen molar-refractivity contribution in [2.75, 3.05) is 0 Å². The number of hydrogen-bond acceptors (Lipinski definition) is 5. The van der Waals surface area contributed by atoms with Crippen LogP contribution >= 0.6 is 0 Å². The molecule has 5 N–H and O–H groups in total. The van der Waals surface area contributed by atoms with Gasteiger partial charge in [-0.05, 0) is 91.3 Å². The van der Waals surface area contributed by atoms with E-state index in [1.165, 1.54) is 0 Å². The first-order chi connectivity index (χ1) is 16.4. The highest BCUT2D eigenvalue weighted by Gasteiger charge is 2.73. The summed E-state index contributed by atoms with van der Waals surface area (Å²) in [6.07, 6.45) is 4.15. The van der Waals surface area contributed by atoms with Crippen molar-refractivity contribution in [3.63, 3.8) is 0 Å². The average Bonchev–Trinajstić information content (AvgIpc) is 2.74. The SMILES string of the molecule is C[C@@H]1CC[C@]2(C(=O)O)CC[C@]3(C)C(=CC[C@@H]4[C@@]5(C)C[C@@H](O)[C@H](O)C(C)(C)[C@H]5[C@H](O)C[C@]43C)[C@@H]2[C@]1(C)O. The molecule has 0 unspecified atom stereocenters. The van der Waals surface area contributed by atoms with Crippen molar-refractivity contribution < 1.29 is 30.3 Å². The van der Waals surface area contributed by atoms with E-state index in [1.807, 2.05) is 27.7 Å². The molecule has 0 spiro atoms. The summed E-state index contributed by atoms with van der Waals surface area (Å²) in [5.41, 5.74) is -2.73. The Morgan fingerprint density at radius 3 is 2.19 bits per heavy atom. The van der Waals surface area contributed by atoms with Crippen LogP contribution in [0.2, 0.25) is 0 Å². The predicted molar refractivity (Wildman–Crippen MR) is 137 cm³/mol. The maximum Gasteiger partial charge on any atom is 0.310 e. The minimum absolute atomic E-state index is 0.00150. The van der Waals surface area contributed by atoms with Gasteiger partial charge in [-0.1, -0.05) is 53.2 Å². The minimum atomic E-state index is -1.12. The fourth-order valence-corrected chi connectivity index (χ4v) is 11.2. The lowest BCUT2D eigenvalue weighted by atomic mass is 9.32. The first-order valence-electron chi connectivity index (χ1n) is 14.1. The summed E-state index contributed by atoms with van der Waals surface area (Å²) in [6.45, 7) is 14.6. The van der Waals surface area contributed by atoms with Crippen molar-refractivity contribution in [1.29, 1.82) is 0 Å². The van der Waals surface area contributed by atoms with Gasteiger partial charge in [0, 0.05) is 5.92 Å². The van der Waals surface area contributed by atoms with Gasteiger partial charge in [0.25, 0.3) is 0 Å². The van der Waals surface area contributed by atoms with Gasteiger partial charge < -0.3 is 25.5 Å². The van der Waals surface area contributed by atoms with Gasteiger partial charge in [-0.25, -0.2) is 0 Å². The first-order valence-corrected chi connectivity index (χ1v) is 14.1. The summed E-state index contributed by atoms with van der Waals surface area (Å²) in [6, 6.07) is 0. The highest BCUT2D eigenvalue weighted by molar-refractivity contribution is 5.77. The molecule has 0 aliphatic heterocycles. The van der Waals surface area contributed by atoms with Gasteiger partial charge in [-0.3, -0.25) is 4.79 Å². The number of carboxylic acid groups (broad SMARTS) is 1. The van der Waals surface area contributed by atoms with Crippen LogP contribution in [0, 0.1) is 50.7 Å². The lowest BCUT2D eigenvalue weighted by Gasteiger charge is -2.72. The van der Waals surface area contributed by atoms with Crippen LogP contribution in [-0.4, -0.2) is 55.4 Å². The highest BCUT2D eigenvalue weighted by Crippen LogP contribution is 2.76. The maximum atomic E-state index is 12.8. The van der Waals surface area contributed by atoms with Crippen LogP contribution in [-0.2, 0) is 4.79 Å². The van der Waals surface area contributed by atoms with Crippen LogP contribution in [0.25, 0.3) is 0 Å². The molecule has 4 saturated carbocycles. The Kier molecular flexibility index (Phi) is 5.61. The van der Waals surface area contributed by atoms with E-state index in [9.17, 15) is 30.3 Å². The lowest BCUT2D eigenvalue weighted by Crippen LogP contribution is -2.71. The Labute approximate surface area is 216 Å². The third kappa shape index (κ3) is 2.91. The van der Waals surface area contributed by atoms with Gasteiger partial charge in [0.1, 0.15) is 0 Å². The monoisotopic (exact) mass is 504 g/mol. The second-order valence-electron chi connectivity index (χ2n) is 15.0. The number of allylic oxidation sites excluding steroid dienone is 1. The van der Waals surface area contributed by atoms with Crippen LogP contribution in [0.3, 0.4) is 0 Å². The van der Waals surface area contributed by atoms with Crippen LogP contribution in [0.15, 0.2) is 11.6 Å². The van der Waals surface area contributed by atoms with E-state index in [0.717, 1.165) is 12.0 Å². The van der Waals surface area contributed by atoms with Crippen molar-refractivity contribution in [1.82, 2.24) is 0 Å². The molecule has 0 aromatic heterocycles. The van der Waals surface area contributed by atoms with Crippen LogP contribution < -0.4 is 0 Å². The molecule has 0 radical (unpaired) electrons. The number of carboxylic acids is 1. The smallest absolute Gasteiger partial charge is 0.310 e. The Bertz CT molecular complexity index is 986. The largest absolute Gasteiger partial charge is 0.481 e. The van der Waals surface area contributed by atoms with Crippen molar-refractivity contribution in [3.8, 4) is 0 Å². The Balaban J connectivity index is 1.68. The molecule has 204 valence electrons. The molecule has 5 aliphatic rings. The average molecular weight is 505 g/mol. The zero-order chi connectivity index (χ0) is 26.9. The quantitative estimate of drug-likeness (QED) is 0.343. The van der Waals surface area contributed by atoms with Crippen LogP contribution in [0.1, 0.15) is 93.4 Å². The number of aliphatic hydroxyl groups is 4. The standard InChI is InChI=1S/C30H48O6/c1-16-10-11-30(24(34)35)13-12-27(5)17(21(30)29(16,7)36)8-9-20-26(4)14-19(32)23(33)25(2,3)22(26)18(31)15-28(20,27)6/h8,16,18-23,31-33,36H,9-15H2,1-7H3,(H,34,35)/t16-,18-,19-,20-,21-,22-,23+,26-,27-,28-,29-,30+/m1/s1. The molecule has 36 heavy (non-hydrogen) atoms. The molecule has 12 atom stereocenters. The van der Waals surface area contributed by atoms with E-state index >= 15 is 0 Å². The number of aliphatic carboxylic acids is 1. The predicted octanol–water partition coefficient (Wildman–Crippen LogP) is 4.15. The highest BCUT2D eigenvalue weighted by atomic mass is 16.4. The summed E-state index contributed by atoms with van der Waals surface area (Å²) in [4.78, 5) is 12.8. The van der Waals surface area contributed by atoms with Gasteiger partial charge in [0.05, 0.1) is 29.3 Å². The van der Waals surface area contributed by atoms with Crippen molar-refractivity contribution >= 4 is 5.97 Å². The van der Waals surface area contributed by atoms with Crippen LogP contribution in [0.4, 0.5) is 0 Å². The first kappa shape index (κ1) is 26.6. The molecule has 6 nitrogen and oxygen atoms in total. The van der Waals surface area contributed by atoms with Crippen molar-refractivity contribution in [2.24, 2.45) is 50.7 Å². The van der Waals surface area contributed by atoms with Crippen molar-refractivity contribution in [3.05, 3.63) is 11.6 Å². The van der Waals surface area contributed by atoms with E-state index in [4.69, 9.17) is 0 Å². The molecule has 0 aromatic carbocycles. The van der Waals surface area contributed by atoms with E-state index in [1.54, 1.807) is 0 Å². The molecular weight excluding hydrogens is 456 g/mol. The number of carbonyl (C=O) groups is 1. The third-order valence-electron chi connectivity index (χ3n) is 13.3. The third-order valence-corrected chi connectivity index (χ3v) is 13.3. The summed E-state index contributed by atoms with van der Waals surface area (Å²) in [5.74, 6) is -1.24. The van der Waals surface area contributed by atoms with E-state index in [-0.39, 0.29) is 34.0 Å².